The van der Waals surface area contributed by atoms with Crippen LogP contribution in [0.3, 0.4) is 0 Å². The van der Waals surface area contributed by atoms with E-state index in [0.717, 1.165) is 13.1 Å². The normalized spacial score (nSPS) is 20.8. The van der Waals surface area contributed by atoms with Gasteiger partial charge in [-0.25, -0.2) is 0 Å². The van der Waals surface area contributed by atoms with Crippen molar-refractivity contribution >= 4 is 26.8 Å². The second-order valence-electron chi connectivity index (χ2n) is 4.47. The summed E-state index contributed by atoms with van der Waals surface area (Å²) in [6.07, 6.45) is 1.24. The second-order valence-corrected chi connectivity index (χ2v) is 5.26. The van der Waals surface area contributed by atoms with E-state index in [-0.39, 0.29) is 0 Å². The maximum absolute atomic E-state index is 3.76. The minimum atomic E-state index is 0.645. The average Bonchev–Trinajstić information content (AvgIpc) is 2.89. The van der Waals surface area contributed by atoms with Crippen LogP contribution in [0.15, 0.2) is 28.7 Å². The summed E-state index contributed by atoms with van der Waals surface area (Å²) in [5, 5.41) is 4.76. The predicted molar refractivity (Wildman–Crippen MR) is 70.8 cm³/mol. The number of aryl methyl sites for hydroxylation is 1. The molecule has 3 heteroatoms. The summed E-state index contributed by atoms with van der Waals surface area (Å²) >= 11 is 3.76. The van der Waals surface area contributed by atoms with Crippen molar-refractivity contribution in [2.75, 3.05) is 13.1 Å². The summed E-state index contributed by atoms with van der Waals surface area (Å²) in [4.78, 5) is 0. The van der Waals surface area contributed by atoms with E-state index in [1.807, 2.05) is 0 Å². The lowest BCUT2D eigenvalue weighted by Gasteiger charge is -2.11. The van der Waals surface area contributed by atoms with Gasteiger partial charge in [0.2, 0.25) is 0 Å². The SMILES string of the molecule is Cn1c(C2CCNC2)c(Br)c2ccccc21. The molecule has 0 saturated carbocycles. The molecule has 0 aliphatic carbocycles. The number of hydrogen-bond acceptors (Lipinski definition) is 1. The van der Waals surface area contributed by atoms with Crippen LogP contribution in [-0.4, -0.2) is 17.7 Å². The standard InChI is InChI=1S/C13H15BrN2/c1-16-11-5-3-2-4-10(11)12(14)13(16)9-6-7-15-8-9/h2-5,9,15H,6-8H2,1H3. The third kappa shape index (κ3) is 1.42. The van der Waals surface area contributed by atoms with E-state index >= 15 is 0 Å². The quantitative estimate of drug-likeness (QED) is 0.849. The molecule has 16 heavy (non-hydrogen) atoms. The Morgan fingerprint density at radius 3 is 2.88 bits per heavy atom. The van der Waals surface area contributed by atoms with Gasteiger partial charge in [-0.05, 0) is 35.0 Å². The summed E-state index contributed by atoms with van der Waals surface area (Å²) in [6.45, 7) is 2.24. The lowest BCUT2D eigenvalue weighted by Crippen LogP contribution is -2.10. The van der Waals surface area contributed by atoms with Crippen molar-refractivity contribution in [3.05, 3.63) is 34.4 Å². The minimum absolute atomic E-state index is 0.645. The minimum Gasteiger partial charge on any atom is -0.346 e. The van der Waals surface area contributed by atoms with E-state index in [0.29, 0.717) is 5.92 Å². The van der Waals surface area contributed by atoms with Gasteiger partial charge < -0.3 is 9.88 Å². The van der Waals surface area contributed by atoms with Crippen molar-refractivity contribution in [2.45, 2.75) is 12.3 Å². The molecular weight excluding hydrogens is 264 g/mol. The van der Waals surface area contributed by atoms with Crippen LogP contribution in [0.5, 0.6) is 0 Å². The molecule has 1 unspecified atom stereocenters. The molecule has 1 aromatic carbocycles. The molecule has 1 aromatic heterocycles. The molecule has 1 aliphatic heterocycles. The Morgan fingerprint density at radius 2 is 2.19 bits per heavy atom. The molecule has 2 aromatic rings. The van der Waals surface area contributed by atoms with Crippen LogP contribution in [-0.2, 0) is 7.05 Å². The molecule has 0 radical (unpaired) electrons. The molecule has 0 bridgehead atoms. The zero-order valence-corrected chi connectivity index (χ0v) is 10.9. The first-order valence-corrected chi connectivity index (χ1v) is 6.52. The Hall–Kier alpha value is -0.800. The number of hydrogen-bond donors (Lipinski definition) is 1. The largest absolute Gasteiger partial charge is 0.346 e. The monoisotopic (exact) mass is 278 g/mol. The lowest BCUT2D eigenvalue weighted by molar-refractivity contribution is 0.690. The van der Waals surface area contributed by atoms with Crippen LogP contribution >= 0.6 is 15.9 Å². The average molecular weight is 279 g/mol. The topological polar surface area (TPSA) is 17.0 Å². The van der Waals surface area contributed by atoms with E-state index in [2.05, 4.69) is 57.1 Å². The van der Waals surface area contributed by atoms with Gasteiger partial charge in [0.1, 0.15) is 0 Å². The van der Waals surface area contributed by atoms with Gasteiger partial charge in [-0.15, -0.1) is 0 Å². The molecule has 2 heterocycles. The first-order valence-electron chi connectivity index (χ1n) is 5.72. The molecule has 1 atom stereocenters. The van der Waals surface area contributed by atoms with Crippen molar-refractivity contribution < 1.29 is 0 Å². The Morgan fingerprint density at radius 1 is 1.38 bits per heavy atom. The van der Waals surface area contributed by atoms with E-state index in [9.17, 15) is 0 Å². The molecule has 1 N–H and O–H groups in total. The van der Waals surface area contributed by atoms with Gasteiger partial charge in [0, 0.05) is 40.6 Å². The summed E-state index contributed by atoms with van der Waals surface area (Å²) in [5.41, 5.74) is 2.75. The number of halogens is 1. The fourth-order valence-corrected chi connectivity index (χ4v) is 3.63. The van der Waals surface area contributed by atoms with Crippen LogP contribution in [0.4, 0.5) is 0 Å². The van der Waals surface area contributed by atoms with Gasteiger partial charge in [-0.3, -0.25) is 0 Å². The molecule has 0 spiro atoms. The fourth-order valence-electron chi connectivity index (χ4n) is 2.71. The van der Waals surface area contributed by atoms with Crippen LogP contribution in [0, 0.1) is 0 Å². The van der Waals surface area contributed by atoms with Crippen LogP contribution < -0.4 is 5.32 Å². The summed E-state index contributed by atoms with van der Waals surface area (Å²) in [5.74, 6) is 0.645. The number of fused-ring (bicyclic) bond motifs is 1. The third-order valence-corrected chi connectivity index (χ3v) is 4.37. The van der Waals surface area contributed by atoms with Gasteiger partial charge in [-0.1, -0.05) is 18.2 Å². The first kappa shape index (κ1) is 10.4. The number of aromatic nitrogens is 1. The van der Waals surface area contributed by atoms with E-state index in [1.165, 1.54) is 27.5 Å². The number of nitrogens with zero attached hydrogens (tertiary/aromatic N) is 1. The van der Waals surface area contributed by atoms with Crippen molar-refractivity contribution in [2.24, 2.45) is 7.05 Å². The molecule has 84 valence electrons. The van der Waals surface area contributed by atoms with E-state index in [1.54, 1.807) is 0 Å². The fraction of sp³-hybridized carbons (Fsp3) is 0.385. The highest BCUT2D eigenvalue weighted by atomic mass is 79.9. The predicted octanol–water partition coefficient (Wildman–Crippen LogP) is 3.02. The first-order chi connectivity index (χ1) is 7.79. The molecule has 2 nitrogen and oxygen atoms in total. The summed E-state index contributed by atoms with van der Waals surface area (Å²) < 4.78 is 3.61. The highest BCUT2D eigenvalue weighted by molar-refractivity contribution is 9.10. The van der Waals surface area contributed by atoms with E-state index in [4.69, 9.17) is 0 Å². The third-order valence-electron chi connectivity index (χ3n) is 3.54. The van der Waals surface area contributed by atoms with Gasteiger partial charge in [-0.2, -0.15) is 0 Å². The van der Waals surface area contributed by atoms with Crippen LogP contribution in [0.1, 0.15) is 18.0 Å². The smallest absolute Gasteiger partial charge is 0.0491 e. The highest BCUT2D eigenvalue weighted by Gasteiger charge is 2.23. The number of para-hydroxylation sites is 1. The Bertz CT molecular complexity index is 485. The molecule has 1 fully saturated rings. The lowest BCUT2D eigenvalue weighted by atomic mass is 10.0. The van der Waals surface area contributed by atoms with Gasteiger partial charge in [0.15, 0.2) is 0 Å². The number of benzene rings is 1. The van der Waals surface area contributed by atoms with E-state index < -0.39 is 0 Å². The maximum atomic E-state index is 3.76. The zero-order valence-electron chi connectivity index (χ0n) is 9.33. The van der Waals surface area contributed by atoms with Crippen LogP contribution in [0.25, 0.3) is 10.9 Å². The Balaban J connectivity index is 2.23. The Labute approximate surface area is 104 Å². The molecule has 1 saturated heterocycles. The molecular formula is C13H15BrN2. The van der Waals surface area contributed by atoms with Crippen LogP contribution in [0.2, 0.25) is 0 Å². The second kappa shape index (κ2) is 3.90. The maximum Gasteiger partial charge on any atom is 0.0491 e. The molecule has 3 rings (SSSR count). The van der Waals surface area contributed by atoms with Crippen molar-refractivity contribution in [1.82, 2.24) is 9.88 Å². The van der Waals surface area contributed by atoms with Crippen molar-refractivity contribution in [1.29, 1.82) is 0 Å². The summed E-state index contributed by atoms with van der Waals surface area (Å²) in [7, 11) is 2.17. The zero-order chi connectivity index (χ0) is 11.1. The molecule has 0 amide bonds. The molecule has 1 aliphatic rings. The number of nitrogens with one attached hydrogen (secondary N) is 1. The van der Waals surface area contributed by atoms with Gasteiger partial charge in [0.05, 0.1) is 0 Å². The van der Waals surface area contributed by atoms with Gasteiger partial charge in [0.25, 0.3) is 0 Å². The highest BCUT2D eigenvalue weighted by Crippen LogP contribution is 2.36. The summed E-state index contributed by atoms with van der Waals surface area (Å²) in [6, 6.07) is 8.58. The van der Waals surface area contributed by atoms with Gasteiger partial charge >= 0.3 is 0 Å². The van der Waals surface area contributed by atoms with Crippen molar-refractivity contribution in [3.8, 4) is 0 Å². The Kier molecular flexibility index (Phi) is 2.52. The number of rotatable bonds is 1. The van der Waals surface area contributed by atoms with Crippen molar-refractivity contribution in [3.63, 3.8) is 0 Å².